The second-order valence-electron chi connectivity index (χ2n) is 18.5. The summed E-state index contributed by atoms with van der Waals surface area (Å²) in [7, 11) is 0. The maximum Gasteiger partial charge on any atom is 0.135 e. The van der Waals surface area contributed by atoms with Gasteiger partial charge >= 0.3 is 0 Å². The van der Waals surface area contributed by atoms with Crippen molar-refractivity contribution >= 4 is 17.3 Å². The zero-order valence-electron chi connectivity index (χ0n) is 37.2. The van der Waals surface area contributed by atoms with Gasteiger partial charge in [-0.3, -0.25) is 14.4 Å². The van der Waals surface area contributed by atoms with Gasteiger partial charge in [0.05, 0.1) is 0 Å². The van der Waals surface area contributed by atoms with Crippen LogP contribution in [0.4, 0.5) is 0 Å². The Bertz CT molecular complexity index is 1730. The average Bonchev–Trinajstić information content (AvgIpc) is 3.30. The maximum atomic E-state index is 12.6. The molecule has 0 saturated heterocycles. The van der Waals surface area contributed by atoms with Crippen LogP contribution in [-0.4, -0.2) is 17.3 Å². The van der Waals surface area contributed by atoms with Crippen molar-refractivity contribution in [2.45, 2.75) is 180 Å². The summed E-state index contributed by atoms with van der Waals surface area (Å²) in [6.45, 7) is 4.32. The maximum absolute atomic E-state index is 12.6. The lowest BCUT2D eigenvalue weighted by Gasteiger charge is -2.28. The number of ketones is 3. The van der Waals surface area contributed by atoms with Gasteiger partial charge in [0.15, 0.2) is 0 Å². The van der Waals surface area contributed by atoms with Crippen LogP contribution in [0.25, 0.3) is 22.3 Å². The molecule has 3 heteroatoms. The summed E-state index contributed by atoms with van der Waals surface area (Å²) < 4.78 is 0. The molecule has 0 heterocycles. The van der Waals surface area contributed by atoms with Gasteiger partial charge in [0.2, 0.25) is 0 Å². The number of Topliss-reactive ketones (excluding diaryl/α,β-unsaturated/α-hetero) is 3. The molecule has 6 rings (SSSR count). The van der Waals surface area contributed by atoms with Gasteiger partial charge in [-0.25, -0.2) is 0 Å². The van der Waals surface area contributed by atoms with Gasteiger partial charge in [-0.15, -0.1) is 0 Å². The van der Waals surface area contributed by atoms with Gasteiger partial charge in [0.25, 0.3) is 0 Å². The third-order valence-corrected chi connectivity index (χ3v) is 14.1. The summed E-state index contributed by atoms with van der Waals surface area (Å²) in [6.07, 6.45) is 24.6. The third kappa shape index (κ3) is 14.0. The van der Waals surface area contributed by atoms with E-state index in [0.29, 0.717) is 41.0 Å². The summed E-state index contributed by atoms with van der Waals surface area (Å²) in [6, 6.07) is 36.4. The zero-order valence-corrected chi connectivity index (χ0v) is 37.2. The molecule has 0 N–H and O–H groups in total. The zero-order chi connectivity index (χ0) is 41.9. The number of rotatable bonds is 24. The Morgan fingerprint density at radius 2 is 0.717 bits per heavy atom. The number of benzene rings is 4. The molecular formula is C57H74O3. The molecule has 0 aliphatic heterocycles. The van der Waals surface area contributed by atoms with Gasteiger partial charge in [0, 0.05) is 37.5 Å². The molecule has 2 saturated carbocycles. The van der Waals surface area contributed by atoms with Gasteiger partial charge in [-0.05, 0) is 159 Å². The highest BCUT2D eigenvalue weighted by molar-refractivity contribution is 5.81. The van der Waals surface area contributed by atoms with Crippen LogP contribution < -0.4 is 0 Å². The highest BCUT2D eigenvalue weighted by atomic mass is 16.1. The van der Waals surface area contributed by atoms with E-state index in [-0.39, 0.29) is 0 Å². The van der Waals surface area contributed by atoms with E-state index in [0.717, 1.165) is 154 Å². The number of carbonyl (C=O) groups is 3. The van der Waals surface area contributed by atoms with Crippen molar-refractivity contribution in [3.05, 3.63) is 119 Å². The normalized spacial score (nSPS) is 19.2. The van der Waals surface area contributed by atoms with Gasteiger partial charge in [-0.1, -0.05) is 137 Å². The summed E-state index contributed by atoms with van der Waals surface area (Å²) in [5, 5.41) is 0. The first-order chi connectivity index (χ1) is 29.4. The number of unbranched alkanes of at least 4 members (excludes halogenated alkanes) is 6. The molecule has 2 fully saturated rings. The van der Waals surface area contributed by atoms with Crippen molar-refractivity contribution in [3.8, 4) is 22.3 Å². The first kappa shape index (κ1) is 45.4. The molecule has 2 aliphatic carbocycles. The van der Waals surface area contributed by atoms with E-state index in [4.69, 9.17) is 0 Å². The largest absolute Gasteiger partial charge is 0.300 e. The minimum absolute atomic E-state index is 0.295. The van der Waals surface area contributed by atoms with Crippen LogP contribution in [0.1, 0.15) is 189 Å². The Balaban J connectivity index is 0.795. The van der Waals surface area contributed by atoms with Crippen molar-refractivity contribution in [2.75, 3.05) is 0 Å². The molecule has 0 spiro atoms. The highest BCUT2D eigenvalue weighted by Crippen LogP contribution is 2.39. The summed E-state index contributed by atoms with van der Waals surface area (Å²) in [5.74, 6) is 3.18. The van der Waals surface area contributed by atoms with Crippen molar-refractivity contribution < 1.29 is 14.4 Å². The predicted molar refractivity (Wildman–Crippen MR) is 252 cm³/mol. The van der Waals surface area contributed by atoms with Crippen molar-refractivity contribution in [1.82, 2.24) is 0 Å². The molecule has 0 amide bonds. The van der Waals surface area contributed by atoms with Crippen LogP contribution >= 0.6 is 0 Å². The monoisotopic (exact) mass is 807 g/mol. The Morgan fingerprint density at radius 3 is 1.05 bits per heavy atom. The van der Waals surface area contributed by atoms with Crippen LogP contribution in [0, 0.1) is 11.8 Å². The van der Waals surface area contributed by atoms with Crippen molar-refractivity contribution in [3.63, 3.8) is 0 Å². The molecule has 0 radical (unpaired) electrons. The van der Waals surface area contributed by atoms with E-state index in [9.17, 15) is 14.4 Å². The molecule has 60 heavy (non-hydrogen) atoms. The Hall–Kier alpha value is -4.11. The fourth-order valence-electron chi connectivity index (χ4n) is 10.0. The minimum atomic E-state index is 0.295. The second-order valence-corrected chi connectivity index (χ2v) is 18.5. The molecule has 4 aromatic carbocycles. The Morgan fingerprint density at radius 1 is 0.383 bits per heavy atom. The number of hydrogen-bond donors (Lipinski definition) is 0. The van der Waals surface area contributed by atoms with Gasteiger partial charge < -0.3 is 0 Å². The number of aryl methyl sites for hydroxylation is 2. The molecule has 320 valence electrons. The highest BCUT2D eigenvalue weighted by Gasteiger charge is 2.28. The van der Waals surface area contributed by atoms with Crippen molar-refractivity contribution in [1.29, 1.82) is 0 Å². The van der Waals surface area contributed by atoms with E-state index < -0.39 is 0 Å². The van der Waals surface area contributed by atoms with E-state index in [2.05, 4.69) is 111 Å². The van der Waals surface area contributed by atoms with E-state index in [1.165, 1.54) is 44.5 Å². The lowest BCUT2D eigenvalue weighted by Crippen LogP contribution is -2.21. The van der Waals surface area contributed by atoms with Crippen LogP contribution in [-0.2, 0) is 27.2 Å². The van der Waals surface area contributed by atoms with Crippen molar-refractivity contribution in [2.24, 2.45) is 11.8 Å². The fraction of sp³-hybridized carbons (Fsp3) is 0.526. The van der Waals surface area contributed by atoms with E-state index in [1.807, 2.05) is 0 Å². The predicted octanol–water partition coefficient (Wildman–Crippen LogP) is 15.6. The first-order valence-electron chi connectivity index (χ1n) is 24.4. The molecule has 2 aliphatic rings. The van der Waals surface area contributed by atoms with Gasteiger partial charge in [-0.2, -0.15) is 0 Å². The lowest BCUT2D eigenvalue weighted by molar-refractivity contribution is -0.124. The summed E-state index contributed by atoms with van der Waals surface area (Å²) in [4.78, 5) is 37.6. The number of hydrogen-bond acceptors (Lipinski definition) is 3. The van der Waals surface area contributed by atoms with E-state index >= 15 is 0 Å². The fourth-order valence-corrected chi connectivity index (χ4v) is 10.0. The number of carbonyl (C=O) groups excluding carboxylic acids is 3. The summed E-state index contributed by atoms with van der Waals surface area (Å²) >= 11 is 0. The molecular weight excluding hydrogens is 733 g/mol. The molecule has 3 nitrogen and oxygen atoms in total. The molecule has 0 atom stereocenters. The molecule has 0 unspecified atom stereocenters. The SMILES string of the molecule is CCCCC(=O)C1CCC(c2ccc(-c3ccc(CCCCCC(=O)CCCCCc4ccc(-c5ccc(C6CCC(C(=O)CCCC)CC6)cc5)cc4)cc3)cc2)CC1. The molecule has 0 bridgehead atoms. The average molecular weight is 807 g/mol. The topological polar surface area (TPSA) is 51.2 Å². The Kier molecular flexibility index (Phi) is 18.4. The quantitative estimate of drug-likeness (QED) is 0.0663. The first-order valence-corrected chi connectivity index (χ1v) is 24.4. The molecule has 0 aromatic heterocycles. The third-order valence-electron chi connectivity index (χ3n) is 14.1. The standard InChI is InChI=1S/C57H74O3/c1-3-5-17-56(59)53-39-35-51(36-40-53)49-31-27-47(28-32-49)45-23-19-43(20-24-45)13-9-7-11-15-55(58)16-12-8-10-14-44-21-25-46(26-22-44)48-29-33-50(34-30-48)52-37-41-54(42-38-52)57(60)18-6-4-2/h19-34,51-54H,3-18,35-42H2,1-2H3. The Labute approximate surface area is 363 Å². The second kappa shape index (κ2) is 24.4. The smallest absolute Gasteiger partial charge is 0.135 e. The molecule has 4 aromatic rings. The lowest BCUT2D eigenvalue weighted by atomic mass is 9.76. The van der Waals surface area contributed by atoms with Crippen LogP contribution in [0.15, 0.2) is 97.1 Å². The van der Waals surface area contributed by atoms with Crippen LogP contribution in [0.2, 0.25) is 0 Å². The minimum Gasteiger partial charge on any atom is -0.300 e. The summed E-state index contributed by atoms with van der Waals surface area (Å²) in [5.41, 5.74) is 10.6. The van der Waals surface area contributed by atoms with E-state index in [1.54, 1.807) is 0 Å². The van der Waals surface area contributed by atoms with Gasteiger partial charge in [0.1, 0.15) is 17.3 Å². The van der Waals surface area contributed by atoms with Crippen LogP contribution in [0.5, 0.6) is 0 Å². The van der Waals surface area contributed by atoms with Crippen LogP contribution in [0.3, 0.4) is 0 Å².